The van der Waals surface area contributed by atoms with Crippen LogP contribution in [0.2, 0.25) is 0 Å². The Morgan fingerprint density at radius 3 is 2.88 bits per heavy atom. The minimum atomic E-state index is 0.268. The van der Waals surface area contributed by atoms with Crippen molar-refractivity contribution in [3.63, 3.8) is 0 Å². The number of halogens is 1. The summed E-state index contributed by atoms with van der Waals surface area (Å²) in [7, 11) is 0. The highest BCUT2D eigenvalue weighted by Gasteiger charge is 2.13. The maximum atomic E-state index is 5.80. The Morgan fingerprint density at radius 2 is 2.25 bits per heavy atom. The summed E-state index contributed by atoms with van der Waals surface area (Å²) >= 11 is 3.28. The molecule has 0 saturated carbocycles. The molecule has 0 aliphatic heterocycles. The van der Waals surface area contributed by atoms with Gasteiger partial charge in [-0.2, -0.15) is 5.10 Å². The number of rotatable bonds is 4. The van der Waals surface area contributed by atoms with Crippen LogP contribution < -0.4 is 5.73 Å². The molecule has 0 aromatic carbocycles. The molecule has 6 heteroatoms. The normalized spacial score (nSPS) is 11.3. The van der Waals surface area contributed by atoms with Crippen molar-refractivity contribution in [1.29, 1.82) is 0 Å². The molecule has 5 nitrogen and oxygen atoms in total. The number of amidine groups is 1. The molecule has 0 spiro atoms. The first-order chi connectivity index (χ1) is 7.57. The van der Waals surface area contributed by atoms with E-state index < -0.39 is 0 Å². The molecule has 0 bridgehead atoms. The number of hydrogen-bond acceptors (Lipinski definition) is 4. The van der Waals surface area contributed by atoms with E-state index in [9.17, 15) is 0 Å². The predicted octanol–water partition coefficient (Wildman–Crippen LogP) is 1.68. The summed E-state index contributed by atoms with van der Waals surface area (Å²) in [6.45, 7) is 7.59. The van der Waals surface area contributed by atoms with Gasteiger partial charge in [0.25, 0.3) is 0 Å². The maximum Gasteiger partial charge on any atom is 0.173 e. The Morgan fingerprint density at radius 1 is 1.56 bits per heavy atom. The van der Waals surface area contributed by atoms with Gasteiger partial charge in [0, 0.05) is 0 Å². The van der Waals surface area contributed by atoms with Gasteiger partial charge in [-0.05, 0) is 35.3 Å². The summed E-state index contributed by atoms with van der Waals surface area (Å²) in [6.07, 6.45) is 1.59. The van der Waals surface area contributed by atoms with Gasteiger partial charge in [0.15, 0.2) is 5.84 Å². The molecule has 0 aliphatic rings. The zero-order chi connectivity index (χ0) is 12.1. The van der Waals surface area contributed by atoms with Crippen molar-refractivity contribution in [3.8, 4) is 0 Å². The van der Waals surface area contributed by atoms with Crippen LogP contribution in [0.3, 0.4) is 0 Å². The molecule has 0 atom stereocenters. The van der Waals surface area contributed by atoms with Crippen molar-refractivity contribution in [1.82, 2.24) is 10.2 Å². The monoisotopic (exact) mass is 284 g/mol. The lowest BCUT2D eigenvalue weighted by atomic mass is 10.1. The van der Waals surface area contributed by atoms with Crippen LogP contribution >= 0.6 is 15.9 Å². The minimum absolute atomic E-state index is 0.268. The van der Waals surface area contributed by atoms with Crippen molar-refractivity contribution < 1.29 is 4.84 Å². The van der Waals surface area contributed by atoms with Crippen molar-refractivity contribution >= 4 is 21.8 Å². The molecule has 0 aliphatic carbocycles. The average Bonchev–Trinajstić information content (AvgIpc) is 2.24. The second kappa shape index (κ2) is 5.60. The van der Waals surface area contributed by atoms with E-state index in [1.54, 1.807) is 6.08 Å². The molecule has 1 rings (SSSR count). The zero-order valence-electron chi connectivity index (χ0n) is 9.20. The Labute approximate surface area is 103 Å². The van der Waals surface area contributed by atoms with Crippen LogP contribution in [0.4, 0.5) is 0 Å². The highest BCUT2D eigenvalue weighted by molar-refractivity contribution is 9.10. The standard InChI is InChI=1S/C10H13BrN4O/c1-4-5-16-15-10(12)8-6(2)7(3)13-14-9(8)11/h4H,1,5H2,2-3H3,(H2,12,15). The third-order valence-corrected chi connectivity index (χ3v) is 2.58. The lowest BCUT2D eigenvalue weighted by Gasteiger charge is -2.07. The van der Waals surface area contributed by atoms with E-state index in [2.05, 4.69) is 37.9 Å². The van der Waals surface area contributed by atoms with Crippen molar-refractivity contribution in [2.45, 2.75) is 13.8 Å². The molecule has 0 fully saturated rings. The van der Waals surface area contributed by atoms with Crippen LogP contribution in [-0.2, 0) is 4.84 Å². The van der Waals surface area contributed by atoms with Gasteiger partial charge in [-0.15, -0.1) is 5.10 Å². The molecule has 0 radical (unpaired) electrons. The predicted molar refractivity (Wildman–Crippen MR) is 66.1 cm³/mol. The topological polar surface area (TPSA) is 73.4 Å². The SMILES string of the molecule is C=CCON=C(N)c1c(Br)nnc(C)c1C. The van der Waals surface area contributed by atoms with E-state index in [1.807, 2.05) is 13.8 Å². The molecule has 0 amide bonds. The third kappa shape index (κ3) is 2.79. The molecule has 86 valence electrons. The number of nitrogens with zero attached hydrogens (tertiary/aromatic N) is 3. The number of nitrogens with two attached hydrogens (primary N) is 1. The first-order valence-corrected chi connectivity index (χ1v) is 5.43. The highest BCUT2D eigenvalue weighted by atomic mass is 79.9. The average molecular weight is 285 g/mol. The van der Waals surface area contributed by atoms with Gasteiger partial charge >= 0.3 is 0 Å². The van der Waals surface area contributed by atoms with Gasteiger partial charge < -0.3 is 10.6 Å². The fraction of sp³-hybridized carbons (Fsp3) is 0.300. The van der Waals surface area contributed by atoms with Gasteiger partial charge in [0.1, 0.15) is 11.2 Å². The van der Waals surface area contributed by atoms with E-state index in [-0.39, 0.29) is 5.84 Å². The third-order valence-electron chi connectivity index (χ3n) is 2.02. The van der Waals surface area contributed by atoms with Crippen molar-refractivity contribution in [3.05, 3.63) is 34.1 Å². The molecule has 16 heavy (non-hydrogen) atoms. The molecule has 0 unspecified atom stereocenters. The molecular weight excluding hydrogens is 272 g/mol. The Balaban J connectivity index is 3.07. The number of aryl methyl sites for hydroxylation is 1. The second-order valence-corrected chi connectivity index (χ2v) is 3.89. The highest BCUT2D eigenvalue weighted by Crippen LogP contribution is 2.18. The first-order valence-electron chi connectivity index (χ1n) is 4.64. The quantitative estimate of drug-likeness (QED) is 0.300. The van der Waals surface area contributed by atoms with Crippen LogP contribution in [0.25, 0.3) is 0 Å². The Kier molecular flexibility index (Phi) is 4.42. The second-order valence-electron chi connectivity index (χ2n) is 3.14. The van der Waals surface area contributed by atoms with Crippen LogP contribution in [0.15, 0.2) is 22.4 Å². The maximum absolute atomic E-state index is 5.80. The summed E-state index contributed by atoms with van der Waals surface area (Å²) in [5.74, 6) is 0.268. The van der Waals surface area contributed by atoms with Crippen molar-refractivity contribution in [2.24, 2.45) is 10.9 Å². The van der Waals surface area contributed by atoms with Crippen LogP contribution in [0.1, 0.15) is 16.8 Å². The summed E-state index contributed by atoms with van der Waals surface area (Å²) in [4.78, 5) is 4.92. The lowest BCUT2D eigenvalue weighted by molar-refractivity contribution is 0.174. The Hall–Kier alpha value is -1.43. The number of oxime groups is 1. The summed E-state index contributed by atoms with van der Waals surface area (Å²) in [6, 6.07) is 0. The molecule has 1 aromatic rings. The van der Waals surface area contributed by atoms with Gasteiger partial charge in [-0.1, -0.05) is 17.8 Å². The molecule has 0 saturated heterocycles. The van der Waals surface area contributed by atoms with Crippen LogP contribution in [-0.4, -0.2) is 22.6 Å². The lowest BCUT2D eigenvalue weighted by Crippen LogP contribution is -2.18. The first kappa shape index (κ1) is 12.6. The number of aromatic nitrogens is 2. The van der Waals surface area contributed by atoms with E-state index in [0.717, 1.165) is 11.3 Å². The van der Waals surface area contributed by atoms with E-state index >= 15 is 0 Å². The summed E-state index contributed by atoms with van der Waals surface area (Å²) in [5.41, 5.74) is 8.23. The molecule has 1 aromatic heterocycles. The van der Waals surface area contributed by atoms with E-state index in [1.165, 1.54) is 0 Å². The minimum Gasteiger partial charge on any atom is -0.390 e. The van der Waals surface area contributed by atoms with Crippen molar-refractivity contribution in [2.75, 3.05) is 6.61 Å². The smallest absolute Gasteiger partial charge is 0.173 e. The molecule has 2 N–H and O–H groups in total. The molecule has 1 heterocycles. The summed E-state index contributed by atoms with van der Waals surface area (Å²) < 4.78 is 0.555. The Bertz CT molecular complexity index is 431. The number of hydrogen-bond donors (Lipinski definition) is 1. The summed E-state index contributed by atoms with van der Waals surface area (Å²) in [5, 5.41) is 11.6. The van der Waals surface area contributed by atoms with Gasteiger partial charge in [0.2, 0.25) is 0 Å². The van der Waals surface area contributed by atoms with Gasteiger partial charge in [-0.25, -0.2) is 0 Å². The fourth-order valence-corrected chi connectivity index (χ4v) is 1.66. The van der Waals surface area contributed by atoms with E-state index in [0.29, 0.717) is 16.8 Å². The van der Waals surface area contributed by atoms with Crippen LogP contribution in [0.5, 0.6) is 0 Å². The van der Waals surface area contributed by atoms with Gasteiger partial charge in [-0.3, -0.25) is 0 Å². The van der Waals surface area contributed by atoms with Gasteiger partial charge in [0.05, 0.1) is 11.3 Å². The van der Waals surface area contributed by atoms with E-state index in [4.69, 9.17) is 10.6 Å². The van der Waals surface area contributed by atoms with Crippen LogP contribution in [0, 0.1) is 13.8 Å². The molecular formula is C10H13BrN4O. The zero-order valence-corrected chi connectivity index (χ0v) is 10.8. The largest absolute Gasteiger partial charge is 0.390 e. The fourth-order valence-electron chi connectivity index (χ4n) is 1.08.